The van der Waals surface area contributed by atoms with Crippen molar-refractivity contribution in [3.63, 3.8) is 0 Å². The van der Waals surface area contributed by atoms with Crippen molar-refractivity contribution in [2.45, 2.75) is 36.5 Å². The number of aryl methyl sites for hydroxylation is 2. The van der Waals surface area contributed by atoms with Crippen LogP contribution in [0.1, 0.15) is 25.0 Å². The van der Waals surface area contributed by atoms with Crippen molar-refractivity contribution >= 4 is 20.0 Å². The summed E-state index contributed by atoms with van der Waals surface area (Å²) in [4.78, 5) is 0.624. The molecule has 0 saturated carbocycles. The Labute approximate surface area is 156 Å². The molecule has 0 bridgehead atoms. The molecule has 0 fully saturated rings. The number of rotatable bonds is 6. The zero-order valence-corrected chi connectivity index (χ0v) is 17.1. The predicted octanol–water partition coefficient (Wildman–Crippen LogP) is 2.31. The third-order valence-electron chi connectivity index (χ3n) is 3.82. The van der Waals surface area contributed by atoms with E-state index >= 15 is 0 Å². The molecule has 2 aromatic carbocycles. The van der Waals surface area contributed by atoms with E-state index in [1.165, 1.54) is 14.1 Å². The summed E-state index contributed by atoms with van der Waals surface area (Å²) < 4.78 is 49.7. The smallest absolute Gasteiger partial charge is 0.214 e. The van der Waals surface area contributed by atoms with Crippen molar-refractivity contribution in [3.05, 3.63) is 59.7 Å². The van der Waals surface area contributed by atoms with E-state index in [0.717, 1.165) is 24.0 Å². The SMILES string of the molecule is CCc1ccc(S(=O)(=O)NC)cc1.CCc1ccc(S(=O)(=O)NC)cc1. The van der Waals surface area contributed by atoms with Crippen molar-refractivity contribution in [3.8, 4) is 0 Å². The van der Waals surface area contributed by atoms with Gasteiger partial charge in [0.2, 0.25) is 20.0 Å². The van der Waals surface area contributed by atoms with E-state index in [4.69, 9.17) is 0 Å². The zero-order valence-electron chi connectivity index (χ0n) is 15.5. The quantitative estimate of drug-likeness (QED) is 0.781. The fourth-order valence-electron chi connectivity index (χ4n) is 2.04. The van der Waals surface area contributed by atoms with E-state index in [-0.39, 0.29) is 0 Å². The van der Waals surface area contributed by atoms with Crippen molar-refractivity contribution in [1.29, 1.82) is 0 Å². The second-order valence-corrected chi connectivity index (χ2v) is 9.18. The molecule has 0 radical (unpaired) electrons. The maximum Gasteiger partial charge on any atom is 0.240 e. The summed E-state index contributed by atoms with van der Waals surface area (Å²) in [6.45, 7) is 4.06. The topological polar surface area (TPSA) is 92.3 Å². The lowest BCUT2D eigenvalue weighted by atomic mass is 10.2. The van der Waals surface area contributed by atoms with Crippen LogP contribution in [-0.2, 0) is 32.9 Å². The van der Waals surface area contributed by atoms with Gasteiger partial charge in [-0.1, -0.05) is 38.1 Å². The molecular formula is C18H26N2O4S2. The normalized spacial score (nSPS) is 11.5. The Balaban J connectivity index is 0.000000260. The van der Waals surface area contributed by atoms with Crippen LogP contribution in [0.25, 0.3) is 0 Å². The van der Waals surface area contributed by atoms with Gasteiger partial charge in [0.25, 0.3) is 0 Å². The molecule has 26 heavy (non-hydrogen) atoms. The molecule has 2 N–H and O–H groups in total. The molecule has 0 spiro atoms. The summed E-state index contributed by atoms with van der Waals surface area (Å²) in [7, 11) is -3.73. The maximum absolute atomic E-state index is 11.3. The summed E-state index contributed by atoms with van der Waals surface area (Å²) in [6.07, 6.45) is 1.83. The Hall–Kier alpha value is -1.74. The summed E-state index contributed by atoms with van der Waals surface area (Å²) in [6, 6.07) is 13.8. The third kappa shape index (κ3) is 6.21. The number of hydrogen-bond acceptors (Lipinski definition) is 4. The lowest BCUT2D eigenvalue weighted by Gasteiger charge is -2.02. The highest BCUT2D eigenvalue weighted by molar-refractivity contribution is 7.89. The number of hydrogen-bond donors (Lipinski definition) is 2. The average molecular weight is 399 g/mol. The molecule has 6 nitrogen and oxygen atoms in total. The van der Waals surface area contributed by atoms with Crippen LogP contribution in [0.3, 0.4) is 0 Å². The maximum atomic E-state index is 11.3. The van der Waals surface area contributed by atoms with Gasteiger partial charge in [0.05, 0.1) is 9.79 Å². The molecule has 0 aliphatic carbocycles. The molecule has 0 aliphatic heterocycles. The van der Waals surface area contributed by atoms with Crippen LogP contribution in [0.2, 0.25) is 0 Å². The number of benzene rings is 2. The fourth-order valence-corrected chi connectivity index (χ4v) is 3.50. The van der Waals surface area contributed by atoms with E-state index in [9.17, 15) is 16.8 Å². The molecular weight excluding hydrogens is 372 g/mol. The molecule has 0 atom stereocenters. The standard InChI is InChI=1S/2C9H13NO2S/c2*1-3-8-4-6-9(7-5-8)13(11,12)10-2/h2*4-7,10H,3H2,1-2H3. The van der Waals surface area contributed by atoms with Gasteiger partial charge in [-0.2, -0.15) is 0 Å². The van der Waals surface area contributed by atoms with E-state index in [2.05, 4.69) is 9.44 Å². The van der Waals surface area contributed by atoms with Crippen LogP contribution in [0.15, 0.2) is 58.3 Å². The second kappa shape index (κ2) is 9.82. The zero-order chi connectivity index (χ0) is 19.8. The predicted molar refractivity (Wildman–Crippen MR) is 104 cm³/mol. The molecule has 0 aromatic heterocycles. The van der Waals surface area contributed by atoms with Crippen LogP contribution in [-0.4, -0.2) is 30.9 Å². The first-order chi connectivity index (χ1) is 12.2. The van der Waals surface area contributed by atoms with Gasteiger partial charge in [0, 0.05) is 0 Å². The Bertz CT molecular complexity index is 812. The van der Waals surface area contributed by atoms with Gasteiger partial charge in [0.1, 0.15) is 0 Å². The summed E-state index contributed by atoms with van der Waals surface area (Å²) in [5.41, 5.74) is 2.27. The van der Waals surface area contributed by atoms with Gasteiger partial charge in [-0.3, -0.25) is 0 Å². The monoisotopic (exact) mass is 398 g/mol. The highest BCUT2D eigenvalue weighted by Gasteiger charge is 2.10. The fraction of sp³-hybridized carbons (Fsp3) is 0.333. The van der Waals surface area contributed by atoms with Crippen molar-refractivity contribution in [1.82, 2.24) is 9.44 Å². The largest absolute Gasteiger partial charge is 0.240 e. The van der Waals surface area contributed by atoms with Gasteiger partial charge >= 0.3 is 0 Å². The highest BCUT2D eigenvalue weighted by Crippen LogP contribution is 2.10. The van der Waals surface area contributed by atoms with Crippen molar-refractivity contribution in [2.24, 2.45) is 0 Å². The van der Waals surface area contributed by atoms with Gasteiger partial charge in [-0.25, -0.2) is 26.3 Å². The summed E-state index contributed by atoms with van der Waals surface area (Å²) in [5, 5.41) is 0. The lowest BCUT2D eigenvalue weighted by molar-refractivity contribution is 0.586. The Morgan fingerprint density at radius 3 is 1.08 bits per heavy atom. The minimum Gasteiger partial charge on any atom is -0.214 e. The molecule has 8 heteroatoms. The van der Waals surface area contributed by atoms with Crippen LogP contribution in [0, 0.1) is 0 Å². The van der Waals surface area contributed by atoms with Crippen LogP contribution in [0.5, 0.6) is 0 Å². The number of sulfonamides is 2. The van der Waals surface area contributed by atoms with Crippen LogP contribution < -0.4 is 9.44 Å². The van der Waals surface area contributed by atoms with Crippen molar-refractivity contribution < 1.29 is 16.8 Å². The molecule has 144 valence electrons. The van der Waals surface area contributed by atoms with Gasteiger partial charge in [-0.05, 0) is 62.3 Å². The summed E-state index contributed by atoms with van der Waals surface area (Å²) >= 11 is 0. The molecule has 0 aliphatic rings. The second-order valence-electron chi connectivity index (χ2n) is 5.41. The molecule has 0 saturated heterocycles. The summed E-state index contributed by atoms with van der Waals surface area (Å²) in [5.74, 6) is 0. The highest BCUT2D eigenvalue weighted by atomic mass is 32.2. The van der Waals surface area contributed by atoms with Crippen LogP contribution in [0.4, 0.5) is 0 Å². The van der Waals surface area contributed by atoms with E-state index in [1.54, 1.807) is 24.3 Å². The Morgan fingerprint density at radius 2 is 0.885 bits per heavy atom. The molecule has 0 unspecified atom stereocenters. The van der Waals surface area contributed by atoms with Gasteiger partial charge in [0.15, 0.2) is 0 Å². The molecule has 2 aromatic rings. The van der Waals surface area contributed by atoms with Gasteiger partial charge < -0.3 is 0 Å². The minimum atomic E-state index is -3.27. The molecule has 0 heterocycles. The first kappa shape index (κ1) is 22.3. The molecule has 2 rings (SSSR count). The Morgan fingerprint density at radius 1 is 0.615 bits per heavy atom. The first-order valence-corrected chi connectivity index (χ1v) is 11.2. The first-order valence-electron chi connectivity index (χ1n) is 8.25. The van der Waals surface area contributed by atoms with Crippen LogP contribution >= 0.6 is 0 Å². The van der Waals surface area contributed by atoms with E-state index in [1.807, 2.05) is 38.1 Å². The van der Waals surface area contributed by atoms with Crippen molar-refractivity contribution in [2.75, 3.05) is 14.1 Å². The number of nitrogens with one attached hydrogen (secondary N) is 2. The Kier molecular flexibility index (Phi) is 8.42. The lowest BCUT2D eigenvalue weighted by Crippen LogP contribution is -2.18. The average Bonchev–Trinajstić information content (AvgIpc) is 2.68. The van der Waals surface area contributed by atoms with E-state index < -0.39 is 20.0 Å². The van der Waals surface area contributed by atoms with E-state index in [0.29, 0.717) is 9.79 Å². The molecule has 0 amide bonds. The third-order valence-corrected chi connectivity index (χ3v) is 6.68. The van der Waals surface area contributed by atoms with Gasteiger partial charge in [-0.15, -0.1) is 0 Å². The minimum absolute atomic E-state index is 0.312.